The zero-order valence-corrected chi connectivity index (χ0v) is 12.2. The fraction of sp³-hybridized carbons (Fsp3) is 0.438. The summed E-state index contributed by atoms with van der Waals surface area (Å²) in [6.45, 7) is 2.77. The molecule has 0 fully saturated rings. The number of aromatic nitrogens is 1. The molecule has 1 aliphatic rings. The second kappa shape index (κ2) is 5.43. The molecule has 19 heavy (non-hydrogen) atoms. The maximum atomic E-state index is 5.71. The Morgan fingerprint density at radius 3 is 2.79 bits per heavy atom. The third-order valence-corrected chi connectivity index (χ3v) is 4.83. The molecule has 100 valence electrons. The predicted octanol–water partition coefficient (Wildman–Crippen LogP) is 3.50. The first-order valence-electron chi connectivity index (χ1n) is 7.06. The number of aryl methyl sites for hydroxylation is 3. The highest BCUT2D eigenvalue weighted by atomic mass is 32.1. The third kappa shape index (κ3) is 2.58. The first-order chi connectivity index (χ1) is 9.28. The van der Waals surface area contributed by atoms with Gasteiger partial charge in [0.05, 0.1) is 10.7 Å². The Morgan fingerprint density at radius 2 is 2.00 bits per heavy atom. The van der Waals surface area contributed by atoms with Crippen molar-refractivity contribution >= 4 is 11.3 Å². The number of nitrogens with two attached hydrogens (primary N) is 1. The van der Waals surface area contributed by atoms with Crippen LogP contribution in [0.3, 0.4) is 0 Å². The topological polar surface area (TPSA) is 38.9 Å². The minimum absolute atomic E-state index is 0.694. The molecule has 0 bridgehead atoms. The molecule has 1 aliphatic carbocycles. The average molecular weight is 272 g/mol. The Kier molecular flexibility index (Phi) is 3.67. The molecule has 0 saturated carbocycles. The predicted molar refractivity (Wildman–Crippen MR) is 81.7 cm³/mol. The summed E-state index contributed by atoms with van der Waals surface area (Å²) < 4.78 is 0. The molecule has 3 rings (SSSR count). The van der Waals surface area contributed by atoms with E-state index in [-0.39, 0.29) is 0 Å². The van der Waals surface area contributed by atoms with Crippen molar-refractivity contribution in [2.24, 2.45) is 5.73 Å². The average Bonchev–Trinajstić information content (AvgIpc) is 2.80. The Hall–Kier alpha value is -1.19. The van der Waals surface area contributed by atoms with Crippen LogP contribution in [0, 0.1) is 6.92 Å². The second-order valence-corrected chi connectivity index (χ2v) is 6.52. The van der Waals surface area contributed by atoms with Gasteiger partial charge in [0.2, 0.25) is 0 Å². The van der Waals surface area contributed by atoms with Crippen LogP contribution in [-0.2, 0) is 19.3 Å². The summed E-state index contributed by atoms with van der Waals surface area (Å²) in [5.41, 5.74) is 11.2. The van der Waals surface area contributed by atoms with Crippen molar-refractivity contribution in [1.82, 2.24) is 4.98 Å². The molecule has 1 aromatic heterocycles. The van der Waals surface area contributed by atoms with Crippen LogP contribution in [0.15, 0.2) is 18.2 Å². The van der Waals surface area contributed by atoms with Crippen molar-refractivity contribution in [2.45, 2.75) is 39.0 Å². The summed E-state index contributed by atoms with van der Waals surface area (Å²) in [7, 11) is 0. The molecule has 0 aliphatic heterocycles. The minimum Gasteiger partial charge on any atom is -0.330 e. The van der Waals surface area contributed by atoms with E-state index in [9.17, 15) is 0 Å². The molecule has 0 unspecified atom stereocenters. The van der Waals surface area contributed by atoms with Crippen molar-refractivity contribution in [2.75, 3.05) is 6.54 Å². The fourth-order valence-electron chi connectivity index (χ4n) is 2.88. The molecule has 0 radical (unpaired) electrons. The molecule has 2 nitrogen and oxygen atoms in total. The van der Waals surface area contributed by atoms with Gasteiger partial charge in [-0.3, -0.25) is 0 Å². The largest absolute Gasteiger partial charge is 0.330 e. The Balaban J connectivity index is 2.01. The number of benzene rings is 1. The molecule has 2 aromatic rings. The van der Waals surface area contributed by atoms with Crippen LogP contribution < -0.4 is 5.73 Å². The zero-order valence-electron chi connectivity index (χ0n) is 11.4. The normalized spacial score (nSPS) is 14.4. The van der Waals surface area contributed by atoms with Crippen molar-refractivity contribution in [3.63, 3.8) is 0 Å². The SMILES string of the molecule is Cc1nc(-c2ccc3c(c2)CCCC3)c(CCN)s1. The molecule has 3 heteroatoms. The van der Waals surface area contributed by atoms with E-state index in [0.29, 0.717) is 6.54 Å². The van der Waals surface area contributed by atoms with Crippen LogP contribution in [0.2, 0.25) is 0 Å². The van der Waals surface area contributed by atoms with Gasteiger partial charge in [-0.05, 0) is 62.8 Å². The van der Waals surface area contributed by atoms with Crippen molar-refractivity contribution in [3.8, 4) is 11.3 Å². The van der Waals surface area contributed by atoms with E-state index in [1.807, 2.05) is 0 Å². The number of rotatable bonds is 3. The van der Waals surface area contributed by atoms with E-state index in [4.69, 9.17) is 10.7 Å². The fourth-order valence-corrected chi connectivity index (χ4v) is 3.85. The van der Waals surface area contributed by atoms with Gasteiger partial charge in [0, 0.05) is 10.4 Å². The molecule has 2 N–H and O–H groups in total. The molecule has 0 amide bonds. The van der Waals surface area contributed by atoms with Crippen molar-refractivity contribution in [3.05, 3.63) is 39.2 Å². The summed E-state index contributed by atoms with van der Waals surface area (Å²) in [6, 6.07) is 6.88. The van der Waals surface area contributed by atoms with Gasteiger partial charge in [-0.1, -0.05) is 12.1 Å². The van der Waals surface area contributed by atoms with Gasteiger partial charge in [-0.2, -0.15) is 0 Å². The lowest BCUT2D eigenvalue weighted by molar-refractivity contribution is 0.686. The Bertz CT molecular complexity index is 586. The monoisotopic (exact) mass is 272 g/mol. The lowest BCUT2D eigenvalue weighted by Gasteiger charge is -2.16. The summed E-state index contributed by atoms with van der Waals surface area (Å²) in [5.74, 6) is 0. The van der Waals surface area contributed by atoms with E-state index in [2.05, 4.69) is 25.1 Å². The molecule has 0 saturated heterocycles. The summed E-state index contributed by atoms with van der Waals surface area (Å²) in [4.78, 5) is 6.04. The summed E-state index contributed by atoms with van der Waals surface area (Å²) in [6.07, 6.45) is 6.04. The molecular formula is C16H20N2S. The highest BCUT2D eigenvalue weighted by Crippen LogP contribution is 2.31. The van der Waals surface area contributed by atoms with Crippen molar-refractivity contribution < 1.29 is 0 Å². The molecule has 0 spiro atoms. The summed E-state index contributed by atoms with van der Waals surface area (Å²) in [5, 5.41) is 1.14. The maximum Gasteiger partial charge on any atom is 0.0904 e. The van der Waals surface area contributed by atoms with E-state index in [1.165, 1.54) is 47.3 Å². The zero-order chi connectivity index (χ0) is 13.2. The summed E-state index contributed by atoms with van der Waals surface area (Å²) >= 11 is 1.78. The van der Waals surface area contributed by atoms with E-state index < -0.39 is 0 Å². The molecule has 1 aromatic carbocycles. The number of fused-ring (bicyclic) bond motifs is 1. The van der Waals surface area contributed by atoms with Crippen LogP contribution in [0.25, 0.3) is 11.3 Å². The first-order valence-corrected chi connectivity index (χ1v) is 7.88. The van der Waals surface area contributed by atoms with Crippen LogP contribution in [0.5, 0.6) is 0 Å². The smallest absolute Gasteiger partial charge is 0.0904 e. The maximum absolute atomic E-state index is 5.71. The highest BCUT2D eigenvalue weighted by molar-refractivity contribution is 7.12. The minimum atomic E-state index is 0.694. The van der Waals surface area contributed by atoms with Gasteiger partial charge in [-0.25, -0.2) is 4.98 Å². The van der Waals surface area contributed by atoms with Crippen molar-refractivity contribution in [1.29, 1.82) is 0 Å². The van der Waals surface area contributed by atoms with Crippen LogP contribution >= 0.6 is 11.3 Å². The number of nitrogens with zero attached hydrogens (tertiary/aromatic N) is 1. The van der Waals surface area contributed by atoms with Crippen LogP contribution in [-0.4, -0.2) is 11.5 Å². The van der Waals surface area contributed by atoms with Gasteiger partial charge in [0.1, 0.15) is 0 Å². The number of thiazole rings is 1. The van der Waals surface area contributed by atoms with Gasteiger partial charge in [0.15, 0.2) is 0 Å². The lowest BCUT2D eigenvalue weighted by Crippen LogP contribution is -2.04. The van der Waals surface area contributed by atoms with Gasteiger partial charge in [-0.15, -0.1) is 11.3 Å². The standard InChI is InChI=1S/C16H20N2S/c1-11-18-16(15(19-11)8-9-17)14-7-6-12-4-2-3-5-13(12)10-14/h6-7,10H,2-5,8-9,17H2,1H3. The molecular weight excluding hydrogens is 252 g/mol. The van der Waals surface area contributed by atoms with E-state index >= 15 is 0 Å². The molecule has 1 heterocycles. The number of hydrogen-bond acceptors (Lipinski definition) is 3. The number of hydrogen-bond donors (Lipinski definition) is 1. The Labute approximate surface area is 118 Å². The van der Waals surface area contributed by atoms with E-state index in [0.717, 1.165) is 17.1 Å². The van der Waals surface area contributed by atoms with Gasteiger partial charge in [0.25, 0.3) is 0 Å². The van der Waals surface area contributed by atoms with Gasteiger partial charge >= 0.3 is 0 Å². The van der Waals surface area contributed by atoms with Crippen LogP contribution in [0.4, 0.5) is 0 Å². The van der Waals surface area contributed by atoms with Gasteiger partial charge < -0.3 is 5.73 Å². The molecule has 0 atom stereocenters. The quantitative estimate of drug-likeness (QED) is 0.928. The first kappa shape index (κ1) is 12.8. The third-order valence-electron chi connectivity index (χ3n) is 3.80. The second-order valence-electron chi connectivity index (χ2n) is 5.23. The van der Waals surface area contributed by atoms with Crippen LogP contribution in [0.1, 0.15) is 33.9 Å². The Morgan fingerprint density at radius 1 is 1.21 bits per heavy atom. The highest BCUT2D eigenvalue weighted by Gasteiger charge is 2.14. The van der Waals surface area contributed by atoms with E-state index in [1.54, 1.807) is 11.3 Å². The lowest BCUT2D eigenvalue weighted by atomic mass is 9.90.